The third kappa shape index (κ3) is 2.28. The second kappa shape index (κ2) is 5.34. The summed E-state index contributed by atoms with van der Waals surface area (Å²) in [5.41, 5.74) is 3.08. The van der Waals surface area contributed by atoms with Gasteiger partial charge in [-0.25, -0.2) is 0 Å². The van der Waals surface area contributed by atoms with Crippen molar-refractivity contribution < 1.29 is 4.79 Å². The summed E-state index contributed by atoms with van der Waals surface area (Å²) in [4.78, 5) is 14.4. The number of nitrogens with one attached hydrogen (secondary N) is 1. The van der Waals surface area contributed by atoms with Gasteiger partial charge in [-0.3, -0.25) is 9.89 Å². The molecule has 1 aliphatic heterocycles. The molecule has 0 atom stereocenters. The van der Waals surface area contributed by atoms with Gasteiger partial charge in [0.05, 0.1) is 0 Å². The maximum atomic E-state index is 12.5. The van der Waals surface area contributed by atoms with Gasteiger partial charge in [-0.2, -0.15) is 16.9 Å². The van der Waals surface area contributed by atoms with E-state index in [1.165, 1.54) is 30.5 Å². The van der Waals surface area contributed by atoms with Gasteiger partial charge >= 0.3 is 0 Å². The molecule has 4 nitrogen and oxygen atoms in total. The number of H-pyrrole nitrogens is 1. The molecule has 5 heteroatoms. The maximum Gasteiger partial charge on any atom is 0.274 e. The number of fused-ring (bicyclic) bond motifs is 1. The van der Waals surface area contributed by atoms with E-state index in [9.17, 15) is 4.79 Å². The average Bonchev–Trinajstić information content (AvgIpc) is 2.68. The highest BCUT2D eigenvalue weighted by Crippen LogP contribution is 2.23. The van der Waals surface area contributed by atoms with E-state index in [-0.39, 0.29) is 5.91 Å². The summed E-state index contributed by atoms with van der Waals surface area (Å²) >= 11 is 1.92. The van der Waals surface area contributed by atoms with Crippen molar-refractivity contribution in [2.24, 2.45) is 0 Å². The molecule has 0 saturated carbocycles. The van der Waals surface area contributed by atoms with Crippen molar-refractivity contribution in [1.82, 2.24) is 15.1 Å². The third-order valence-corrected chi connectivity index (χ3v) is 4.75. The van der Waals surface area contributed by atoms with E-state index in [1.807, 2.05) is 16.7 Å². The molecule has 0 unspecified atom stereocenters. The van der Waals surface area contributed by atoms with Crippen LogP contribution in [0.25, 0.3) is 0 Å². The van der Waals surface area contributed by atoms with E-state index in [2.05, 4.69) is 10.2 Å². The lowest BCUT2D eigenvalue weighted by molar-refractivity contribution is 0.0765. The van der Waals surface area contributed by atoms with Gasteiger partial charge in [0.25, 0.3) is 5.91 Å². The van der Waals surface area contributed by atoms with Gasteiger partial charge in [-0.05, 0) is 25.7 Å². The standard InChI is InChI=1S/C13H19N3OS/c17-13(16-6-8-18-9-7-16)12-10-4-2-1-3-5-11(10)14-15-12/h1-9H2,(H,14,15). The van der Waals surface area contributed by atoms with Crippen molar-refractivity contribution in [1.29, 1.82) is 0 Å². The van der Waals surface area contributed by atoms with Gasteiger partial charge in [-0.1, -0.05) is 6.42 Å². The van der Waals surface area contributed by atoms with Crippen molar-refractivity contribution >= 4 is 17.7 Å². The van der Waals surface area contributed by atoms with Crippen molar-refractivity contribution in [3.63, 3.8) is 0 Å². The minimum absolute atomic E-state index is 0.134. The zero-order valence-corrected chi connectivity index (χ0v) is 11.4. The number of aromatic amines is 1. The van der Waals surface area contributed by atoms with Gasteiger partial charge in [0.15, 0.2) is 5.69 Å². The maximum absolute atomic E-state index is 12.5. The van der Waals surface area contributed by atoms with Crippen molar-refractivity contribution in [3.05, 3.63) is 17.0 Å². The quantitative estimate of drug-likeness (QED) is 0.789. The van der Waals surface area contributed by atoms with Gasteiger partial charge in [-0.15, -0.1) is 0 Å². The Kier molecular flexibility index (Phi) is 3.59. The summed E-state index contributed by atoms with van der Waals surface area (Å²) in [5, 5.41) is 7.38. The van der Waals surface area contributed by atoms with E-state index < -0.39 is 0 Å². The first-order chi connectivity index (χ1) is 8.86. The van der Waals surface area contributed by atoms with Crippen LogP contribution in [0.5, 0.6) is 0 Å². The van der Waals surface area contributed by atoms with Crippen LogP contribution in [0.2, 0.25) is 0 Å². The number of nitrogens with zero attached hydrogens (tertiary/aromatic N) is 2. The van der Waals surface area contributed by atoms with Crippen LogP contribution in [0.4, 0.5) is 0 Å². The van der Waals surface area contributed by atoms with Gasteiger partial charge in [0.2, 0.25) is 0 Å². The number of rotatable bonds is 1. The van der Waals surface area contributed by atoms with E-state index >= 15 is 0 Å². The number of carbonyl (C=O) groups excluding carboxylic acids is 1. The SMILES string of the molecule is O=C(c1n[nH]c2c1CCCCC2)N1CCSCC1. The fourth-order valence-electron chi connectivity index (χ4n) is 2.75. The molecule has 2 heterocycles. The van der Waals surface area contributed by atoms with Crippen LogP contribution < -0.4 is 0 Å². The normalized spacial score (nSPS) is 20.3. The highest BCUT2D eigenvalue weighted by atomic mass is 32.2. The first kappa shape index (κ1) is 12.1. The Morgan fingerprint density at radius 3 is 2.78 bits per heavy atom. The van der Waals surface area contributed by atoms with Crippen LogP contribution in [-0.2, 0) is 12.8 Å². The van der Waals surface area contributed by atoms with Crippen LogP contribution in [0.15, 0.2) is 0 Å². The minimum atomic E-state index is 0.134. The Morgan fingerprint density at radius 1 is 1.17 bits per heavy atom. The first-order valence-electron chi connectivity index (χ1n) is 6.79. The molecule has 0 spiro atoms. The number of carbonyl (C=O) groups is 1. The predicted octanol–water partition coefficient (Wildman–Crippen LogP) is 1.87. The molecule has 1 fully saturated rings. The number of hydrogen-bond donors (Lipinski definition) is 1. The lowest BCUT2D eigenvalue weighted by atomic mass is 10.1. The van der Waals surface area contributed by atoms with Crippen molar-refractivity contribution in [3.8, 4) is 0 Å². The number of amides is 1. The molecule has 18 heavy (non-hydrogen) atoms. The van der Waals surface area contributed by atoms with Crippen molar-refractivity contribution in [2.75, 3.05) is 24.6 Å². The van der Waals surface area contributed by atoms with Gasteiger partial charge in [0, 0.05) is 35.9 Å². The molecule has 1 aromatic heterocycles. The second-order valence-corrected chi connectivity index (χ2v) is 6.22. The molecular weight excluding hydrogens is 246 g/mol. The molecule has 1 aliphatic carbocycles. The van der Waals surface area contributed by atoms with E-state index in [0.717, 1.165) is 37.4 Å². The Bertz CT molecular complexity index is 437. The highest BCUT2D eigenvalue weighted by molar-refractivity contribution is 7.99. The van der Waals surface area contributed by atoms with Crippen LogP contribution in [0.1, 0.15) is 41.0 Å². The van der Waals surface area contributed by atoms with Gasteiger partial charge in [0.1, 0.15) is 0 Å². The van der Waals surface area contributed by atoms with Crippen molar-refractivity contribution in [2.45, 2.75) is 32.1 Å². The lowest BCUT2D eigenvalue weighted by Gasteiger charge is -2.25. The summed E-state index contributed by atoms with van der Waals surface area (Å²) in [5.74, 6) is 2.24. The number of thioether (sulfide) groups is 1. The fraction of sp³-hybridized carbons (Fsp3) is 0.692. The third-order valence-electron chi connectivity index (χ3n) is 3.81. The molecule has 3 rings (SSSR count). The number of hydrogen-bond acceptors (Lipinski definition) is 3. The molecule has 98 valence electrons. The summed E-state index contributed by atoms with van der Waals surface area (Å²) < 4.78 is 0. The summed E-state index contributed by atoms with van der Waals surface area (Å²) in [6.07, 6.45) is 5.71. The predicted molar refractivity (Wildman–Crippen MR) is 73.1 cm³/mol. The van der Waals surface area contributed by atoms with E-state index in [0.29, 0.717) is 5.69 Å². The Balaban J connectivity index is 1.83. The van der Waals surface area contributed by atoms with E-state index in [4.69, 9.17) is 0 Å². The average molecular weight is 265 g/mol. The monoisotopic (exact) mass is 265 g/mol. The largest absolute Gasteiger partial charge is 0.336 e. The Morgan fingerprint density at radius 2 is 1.94 bits per heavy atom. The second-order valence-electron chi connectivity index (χ2n) is 4.99. The highest BCUT2D eigenvalue weighted by Gasteiger charge is 2.25. The molecule has 2 aliphatic rings. The molecule has 1 saturated heterocycles. The van der Waals surface area contributed by atoms with Crippen LogP contribution in [0.3, 0.4) is 0 Å². The zero-order chi connectivity index (χ0) is 12.4. The fourth-order valence-corrected chi connectivity index (χ4v) is 3.65. The number of aryl methyl sites for hydroxylation is 1. The van der Waals surface area contributed by atoms with Gasteiger partial charge < -0.3 is 4.90 Å². The minimum Gasteiger partial charge on any atom is -0.336 e. The molecular formula is C13H19N3OS. The molecule has 1 aromatic rings. The smallest absolute Gasteiger partial charge is 0.274 e. The Hall–Kier alpha value is -0.970. The summed E-state index contributed by atoms with van der Waals surface area (Å²) in [6, 6.07) is 0. The lowest BCUT2D eigenvalue weighted by Crippen LogP contribution is -2.38. The number of aromatic nitrogens is 2. The van der Waals surface area contributed by atoms with Crippen LogP contribution >= 0.6 is 11.8 Å². The molecule has 1 amide bonds. The molecule has 1 N–H and O–H groups in total. The Labute approximate surface area is 112 Å². The molecule has 0 bridgehead atoms. The van der Waals surface area contributed by atoms with E-state index in [1.54, 1.807) is 0 Å². The van der Waals surface area contributed by atoms with Crippen LogP contribution in [-0.4, -0.2) is 45.6 Å². The summed E-state index contributed by atoms with van der Waals surface area (Å²) in [7, 11) is 0. The first-order valence-corrected chi connectivity index (χ1v) is 7.95. The molecule has 0 aromatic carbocycles. The zero-order valence-electron chi connectivity index (χ0n) is 10.6. The topological polar surface area (TPSA) is 49.0 Å². The molecule has 0 radical (unpaired) electrons. The van der Waals surface area contributed by atoms with Crippen LogP contribution in [0, 0.1) is 0 Å². The summed E-state index contributed by atoms with van der Waals surface area (Å²) in [6.45, 7) is 1.73.